The van der Waals surface area contributed by atoms with Crippen molar-refractivity contribution in [3.63, 3.8) is 0 Å². The zero-order valence-electron chi connectivity index (χ0n) is 16.8. The third-order valence-electron chi connectivity index (χ3n) is 5.83. The van der Waals surface area contributed by atoms with Crippen LogP contribution in [0, 0.1) is 11.3 Å². The van der Waals surface area contributed by atoms with Crippen LogP contribution in [0.4, 0.5) is 5.69 Å². The number of amides is 1. The maximum Gasteiger partial charge on any atom is 0.244 e. The highest BCUT2D eigenvalue weighted by Gasteiger charge is 2.37. The van der Waals surface area contributed by atoms with Gasteiger partial charge in [0, 0.05) is 45.0 Å². The highest BCUT2D eigenvalue weighted by Crippen LogP contribution is 2.26. The van der Waals surface area contributed by atoms with Gasteiger partial charge in [-0.3, -0.25) is 14.6 Å². The molecule has 2 saturated heterocycles. The molecule has 0 aliphatic carbocycles. The Balaban J connectivity index is 1.24. The Kier molecular flexibility index (Phi) is 6.53. The molecule has 2 aromatic carbocycles. The van der Waals surface area contributed by atoms with E-state index in [0.717, 1.165) is 57.1 Å². The predicted molar refractivity (Wildman–Crippen MR) is 117 cm³/mol. The second-order valence-corrected chi connectivity index (χ2v) is 8.02. The zero-order valence-corrected chi connectivity index (χ0v) is 17.6. The van der Waals surface area contributed by atoms with E-state index >= 15 is 0 Å². The van der Waals surface area contributed by atoms with E-state index in [0.29, 0.717) is 17.2 Å². The van der Waals surface area contributed by atoms with E-state index in [9.17, 15) is 4.79 Å². The van der Waals surface area contributed by atoms with Crippen LogP contribution in [0.2, 0.25) is 5.02 Å². The molecule has 2 aliphatic heterocycles. The van der Waals surface area contributed by atoms with Gasteiger partial charge in [0.05, 0.1) is 22.7 Å². The van der Waals surface area contributed by atoms with Gasteiger partial charge in [0.1, 0.15) is 12.4 Å². The Bertz CT molecular complexity index is 920. The van der Waals surface area contributed by atoms with E-state index in [2.05, 4.69) is 15.9 Å². The van der Waals surface area contributed by atoms with E-state index in [4.69, 9.17) is 21.6 Å². The second-order valence-electron chi connectivity index (χ2n) is 7.61. The van der Waals surface area contributed by atoms with Crippen molar-refractivity contribution in [2.45, 2.75) is 12.5 Å². The van der Waals surface area contributed by atoms with E-state index in [1.165, 1.54) is 0 Å². The molecule has 0 saturated carbocycles. The molecular weight excluding hydrogens is 400 g/mol. The normalized spacial score (nSPS) is 20.3. The maximum atomic E-state index is 13.0. The molecule has 2 fully saturated rings. The smallest absolute Gasteiger partial charge is 0.244 e. The van der Waals surface area contributed by atoms with Crippen molar-refractivity contribution >= 4 is 23.2 Å². The summed E-state index contributed by atoms with van der Waals surface area (Å²) < 4.78 is 5.79. The molecule has 0 bridgehead atoms. The number of para-hydroxylation sites is 1. The van der Waals surface area contributed by atoms with Crippen LogP contribution in [-0.4, -0.2) is 67.6 Å². The molecular formula is C23H25ClN4O2. The number of hydrogen-bond donors (Lipinski definition) is 0. The van der Waals surface area contributed by atoms with Gasteiger partial charge in [0.25, 0.3) is 0 Å². The lowest BCUT2D eigenvalue weighted by Gasteiger charge is -2.37. The van der Waals surface area contributed by atoms with Crippen LogP contribution in [0.3, 0.4) is 0 Å². The van der Waals surface area contributed by atoms with Crippen LogP contribution < -0.4 is 9.64 Å². The van der Waals surface area contributed by atoms with Crippen LogP contribution in [-0.2, 0) is 4.79 Å². The first kappa shape index (κ1) is 20.7. The predicted octanol–water partition coefficient (Wildman–Crippen LogP) is 3.01. The third kappa shape index (κ3) is 4.59. The fourth-order valence-electron chi connectivity index (χ4n) is 4.12. The maximum absolute atomic E-state index is 13.0. The summed E-state index contributed by atoms with van der Waals surface area (Å²) in [6.07, 6.45) is 0.842. The van der Waals surface area contributed by atoms with Gasteiger partial charge in [-0.05, 0) is 42.8 Å². The minimum absolute atomic E-state index is 0.0535. The Labute approximate surface area is 182 Å². The quantitative estimate of drug-likeness (QED) is 0.713. The van der Waals surface area contributed by atoms with Crippen molar-refractivity contribution < 1.29 is 9.53 Å². The average molecular weight is 425 g/mol. The first-order valence-electron chi connectivity index (χ1n) is 10.3. The molecule has 30 heavy (non-hydrogen) atoms. The van der Waals surface area contributed by atoms with Crippen molar-refractivity contribution in [1.82, 2.24) is 9.80 Å². The first-order chi connectivity index (χ1) is 14.7. The van der Waals surface area contributed by atoms with Crippen LogP contribution in [0.15, 0.2) is 48.5 Å². The number of nitriles is 1. The molecule has 156 valence electrons. The number of halogens is 1. The molecule has 0 N–H and O–H groups in total. The molecule has 0 radical (unpaired) electrons. The lowest BCUT2D eigenvalue weighted by molar-refractivity contribution is -0.122. The minimum Gasteiger partial charge on any atom is -0.491 e. The summed E-state index contributed by atoms with van der Waals surface area (Å²) in [5.74, 6) is 0.882. The first-order valence-corrected chi connectivity index (χ1v) is 10.7. The Hall–Kier alpha value is -2.59. The van der Waals surface area contributed by atoms with Crippen LogP contribution in [0.25, 0.3) is 0 Å². The van der Waals surface area contributed by atoms with E-state index in [-0.39, 0.29) is 11.9 Å². The minimum atomic E-state index is -0.0535. The van der Waals surface area contributed by atoms with Gasteiger partial charge >= 0.3 is 0 Å². The summed E-state index contributed by atoms with van der Waals surface area (Å²) >= 11 is 6.13. The summed E-state index contributed by atoms with van der Waals surface area (Å²) in [7, 11) is 0. The molecule has 7 heteroatoms. The molecule has 1 atom stereocenters. The summed E-state index contributed by atoms with van der Waals surface area (Å²) in [4.78, 5) is 19.5. The van der Waals surface area contributed by atoms with Crippen molar-refractivity contribution in [2.24, 2.45) is 0 Å². The number of piperazine rings is 1. The molecule has 0 spiro atoms. The van der Waals surface area contributed by atoms with Crippen molar-refractivity contribution in [2.75, 3.05) is 50.8 Å². The number of hydrogen-bond acceptors (Lipinski definition) is 5. The van der Waals surface area contributed by atoms with Crippen LogP contribution in [0.1, 0.15) is 12.0 Å². The highest BCUT2D eigenvalue weighted by atomic mass is 35.5. The zero-order chi connectivity index (χ0) is 20.9. The van der Waals surface area contributed by atoms with Gasteiger partial charge in [-0.2, -0.15) is 5.26 Å². The summed E-state index contributed by atoms with van der Waals surface area (Å²) in [6.45, 7) is 5.77. The standard InChI is InChI=1S/C23H25ClN4O2/c24-20-3-1-2-4-22(20)30-16-15-26-11-13-27(14-12-26)21-9-10-28(23(21)29)19-7-5-18(17-25)6-8-19/h1-8,21H,9-16H2. The number of carbonyl (C=O) groups excluding carboxylic acids is 1. The number of benzene rings is 2. The van der Waals surface area contributed by atoms with Gasteiger partial charge in [-0.15, -0.1) is 0 Å². The van der Waals surface area contributed by atoms with Gasteiger partial charge in [-0.1, -0.05) is 23.7 Å². The Morgan fingerprint density at radius 2 is 1.77 bits per heavy atom. The van der Waals surface area contributed by atoms with Crippen LogP contribution >= 0.6 is 11.6 Å². The number of rotatable bonds is 6. The van der Waals surface area contributed by atoms with Crippen molar-refractivity contribution in [3.8, 4) is 11.8 Å². The molecule has 2 heterocycles. The Morgan fingerprint density at radius 1 is 1.03 bits per heavy atom. The van der Waals surface area contributed by atoms with Gasteiger partial charge in [-0.25, -0.2) is 0 Å². The number of nitrogens with zero attached hydrogens (tertiary/aromatic N) is 4. The van der Waals surface area contributed by atoms with E-state index in [1.54, 1.807) is 12.1 Å². The molecule has 1 unspecified atom stereocenters. The molecule has 0 aromatic heterocycles. The fourth-order valence-corrected chi connectivity index (χ4v) is 4.31. The van der Waals surface area contributed by atoms with Gasteiger partial charge in [0.2, 0.25) is 5.91 Å². The topological polar surface area (TPSA) is 59.8 Å². The molecule has 4 rings (SSSR count). The Morgan fingerprint density at radius 3 is 2.47 bits per heavy atom. The molecule has 1 amide bonds. The fraction of sp³-hybridized carbons (Fsp3) is 0.391. The highest BCUT2D eigenvalue weighted by molar-refractivity contribution is 6.32. The molecule has 6 nitrogen and oxygen atoms in total. The number of carbonyl (C=O) groups is 1. The molecule has 2 aromatic rings. The number of anilines is 1. The summed E-state index contributed by atoms with van der Waals surface area (Å²) in [6, 6.07) is 16.8. The van der Waals surface area contributed by atoms with Crippen molar-refractivity contribution in [3.05, 3.63) is 59.1 Å². The summed E-state index contributed by atoms with van der Waals surface area (Å²) in [5, 5.41) is 9.58. The SMILES string of the molecule is N#Cc1ccc(N2CCC(N3CCN(CCOc4ccccc4Cl)CC3)C2=O)cc1. The van der Waals surface area contributed by atoms with E-state index < -0.39 is 0 Å². The second kappa shape index (κ2) is 9.48. The lowest BCUT2D eigenvalue weighted by atomic mass is 10.1. The van der Waals surface area contributed by atoms with Gasteiger partial charge in [0.15, 0.2) is 0 Å². The van der Waals surface area contributed by atoms with Crippen molar-refractivity contribution in [1.29, 1.82) is 5.26 Å². The lowest BCUT2D eigenvalue weighted by Crippen LogP contribution is -2.53. The average Bonchev–Trinajstić information content (AvgIpc) is 3.17. The summed E-state index contributed by atoms with van der Waals surface area (Å²) in [5.41, 5.74) is 1.48. The monoisotopic (exact) mass is 424 g/mol. The van der Waals surface area contributed by atoms with Gasteiger partial charge < -0.3 is 9.64 Å². The largest absolute Gasteiger partial charge is 0.491 e. The number of ether oxygens (including phenoxy) is 1. The third-order valence-corrected chi connectivity index (χ3v) is 6.15. The van der Waals surface area contributed by atoms with E-state index in [1.807, 2.05) is 41.3 Å². The molecule has 2 aliphatic rings. The van der Waals surface area contributed by atoms with Crippen LogP contribution in [0.5, 0.6) is 5.75 Å².